The van der Waals surface area contributed by atoms with Crippen LogP contribution in [0.15, 0.2) is 90.2 Å². The molecule has 0 spiro atoms. The summed E-state index contributed by atoms with van der Waals surface area (Å²) in [6, 6.07) is 21.5. The van der Waals surface area contributed by atoms with Crippen molar-refractivity contribution in [1.82, 2.24) is 4.98 Å². The molecule has 1 aliphatic heterocycles. The Morgan fingerprint density at radius 2 is 1.71 bits per heavy atom. The topological polar surface area (TPSA) is 70.5 Å². The van der Waals surface area contributed by atoms with Crippen molar-refractivity contribution in [3.05, 3.63) is 118 Å². The van der Waals surface area contributed by atoms with Gasteiger partial charge < -0.3 is 5.11 Å². The third kappa shape index (κ3) is 4.04. The molecule has 1 N–H and O–H groups in total. The van der Waals surface area contributed by atoms with Crippen molar-refractivity contribution in [3.8, 4) is 10.6 Å². The Kier molecular flexibility index (Phi) is 5.78. The lowest BCUT2D eigenvalue weighted by atomic mass is 9.94. The van der Waals surface area contributed by atoms with E-state index >= 15 is 0 Å². The Hall–Kier alpha value is -4.10. The van der Waals surface area contributed by atoms with Crippen molar-refractivity contribution >= 4 is 28.7 Å². The number of aliphatic hydroxyl groups is 1. The standard InChI is InChI=1S/C28H21FN2O3S/c1-16-7-6-10-19(15-16)23-22(25(33)28(34)31(23)21-13-11-20(29)12-14-21)24(32)26-17(2)30-27(35-26)18-8-4-3-5-9-18/h3-15,23,33H,1-2H3. The maximum atomic E-state index is 13.9. The molecular weight excluding hydrogens is 463 g/mol. The molecular formula is C28H21FN2O3S. The van der Waals surface area contributed by atoms with Gasteiger partial charge in [-0.15, -0.1) is 11.3 Å². The summed E-state index contributed by atoms with van der Waals surface area (Å²) in [5, 5.41) is 11.6. The van der Waals surface area contributed by atoms with E-state index in [1.165, 1.54) is 40.5 Å². The molecule has 5 rings (SSSR count). The Labute approximate surface area is 205 Å². The van der Waals surface area contributed by atoms with E-state index in [0.717, 1.165) is 11.1 Å². The van der Waals surface area contributed by atoms with Crippen LogP contribution in [0.4, 0.5) is 10.1 Å². The van der Waals surface area contributed by atoms with Crippen molar-refractivity contribution in [3.63, 3.8) is 0 Å². The van der Waals surface area contributed by atoms with Gasteiger partial charge in [0, 0.05) is 11.3 Å². The summed E-state index contributed by atoms with van der Waals surface area (Å²) < 4.78 is 13.6. The number of aromatic nitrogens is 1. The first kappa shape index (κ1) is 22.7. The number of nitrogens with zero attached hydrogens (tertiary/aromatic N) is 2. The summed E-state index contributed by atoms with van der Waals surface area (Å²) in [5.41, 5.74) is 3.37. The number of hydrogen-bond acceptors (Lipinski definition) is 5. The van der Waals surface area contributed by atoms with Crippen LogP contribution in [-0.2, 0) is 4.79 Å². The van der Waals surface area contributed by atoms with Gasteiger partial charge in [0.15, 0.2) is 5.76 Å². The van der Waals surface area contributed by atoms with Crippen molar-refractivity contribution < 1.29 is 19.1 Å². The number of carbonyl (C=O) groups is 2. The van der Waals surface area contributed by atoms with Crippen LogP contribution < -0.4 is 4.90 Å². The minimum absolute atomic E-state index is 0.0173. The Balaban J connectivity index is 1.64. The molecule has 35 heavy (non-hydrogen) atoms. The van der Waals surface area contributed by atoms with Crippen LogP contribution in [0, 0.1) is 19.7 Å². The van der Waals surface area contributed by atoms with E-state index in [4.69, 9.17) is 0 Å². The van der Waals surface area contributed by atoms with Crippen molar-refractivity contribution in [2.24, 2.45) is 0 Å². The molecule has 5 nitrogen and oxygen atoms in total. The minimum atomic E-state index is -0.873. The van der Waals surface area contributed by atoms with E-state index in [-0.39, 0.29) is 5.57 Å². The fourth-order valence-corrected chi connectivity index (χ4v) is 5.32. The summed E-state index contributed by atoms with van der Waals surface area (Å²) in [7, 11) is 0. The predicted octanol–water partition coefficient (Wildman–Crippen LogP) is 6.35. The lowest BCUT2D eigenvalue weighted by Gasteiger charge is -2.27. The number of aliphatic hydroxyl groups excluding tert-OH is 1. The molecule has 3 aromatic carbocycles. The number of carbonyl (C=O) groups excluding carboxylic acids is 2. The maximum Gasteiger partial charge on any atom is 0.294 e. The van der Waals surface area contributed by atoms with Crippen LogP contribution in [0.1, 0.15) is 32.5 Å². The van der Waals surface area contributed by atoms with Gasteiger partial charge in [-0.05, 0) is 43.7 Å². The molecule has 4 aromatic rings. The van der Waals surface area contributed by atoms with Gasteiger partial charge in [0.1, 0.15) is 10.8 Å². The number of hydrogen-bond donors (Lipinski definition) is 1. The molecule has 0 fully saturated rings. The molecule has 0 bridgehead atoms. The van der Waals surface area contributed by atoms with Crippen molar-refractivity contribution in [2.75, 3.05) is 4.90 Å². The maximum absolute atomic E-state index is 13.9. The molecule has 2 heterocycles. The number of rotatable bonds is 5. The number of thiazole rings is 1. The summed E-state index contributed by atoms with van der Waals surface area (Å²) in [5.74, 6) is -2.23. The van der Waals surface area contributed by atoms with Gasteiger partial charge in [-0.1, -0.05) is 60.2 Å². The van der Waals surface area contributed by atoms with Gasteiger partial charge in [-0.2, -0.15) is 0 Å². The van der Waals surface area contributed by atoms with E-state index in [1.807, 2.05) is 61.5 Å². The monoisotopic (exact) mass is 484 g/mol. The number of anilines is 1. The molecule has 1 aliphatic rings. The zero-order valence-electron chi connectivity index (χ0n) is 19.0. The zero-order valence-corrected chi connectivity index (χ0v) is 19.8. The van der Waals surface area contributed by atoms with Crippen LogP contribution in [0.2, 0.25) is 0 Å². The normalized spacial score (nSPS) is 15.7. The number of benzene rings is 3. The smallest absolute Gasteiger partial charge is 0.294 e. The molecule has 7 heteroatoms. The van der Waals surface area contributed by atoms with E-state index in [0.29, 0.717) is 26.8 Å². The summed E-state index contributed by atoms with van der Waals surface area (Å²) in [4.78, 5) is 33.4. The highest BCUT2D eigenvalue weighted by Crippen LogP contribution is 2.43. The Morgan fingerprint density at radius 3 is 2.40 bits per heavy atom. The first-order valence-corrected chi connectivity index (χ1v) is 11.8. The zero-order chi connectivity index (χ0) is 24.7. The van der Waals surface area contributed by atoms with Crippen molar-refractivity contribution in [1.29, 1.82) is 0 Å². The SMILES string of the molecule is Cc1cccc(C2C(C(=O)c3sc(-c4ccccc4)nc3C)=C(O)C(=O)N2c2ccc(F)cc2)c1. The highest BCUT2D eigenvalue weighted by atomic mass is 32.1. The lowest BCUT2D eigenvalue weighted by Crippen LogP contribution is -2.31. The number of Topliss-reactive ketones (excluding diaryl/α,β-unsaturated/α-hetero) is 1. The molecule has 1 unspecified atom stereocenters. The van der Waals surface area contributed by atoms with Gasteiger partial charge in [-0.3, -0.25) is 14.5 Å². The summed E-state index contributed by atoms with van der Waals surface area (Å²) in [6.45, 7) is 3.65. The average molecular weight is 485 g/mol. The van der Waals surface area contributed by atoms with Crippen LogP contribution in [0.5, 0.6) is 0 Å². The number of aryl methyl sites for hydroxylation is 2. The van der Waals surface area contributed by atoms with Gasteiger partial charge in [0.2, 0.25) is 5.78 Å². The molecule has 0 saturated carbocycles. The fraction of sp³-hybridized carbons (Fsp3) is 0.107. The van der Waals surface area contributed by atoms with Crippen LogP contribution >= 0.6 is 11.3 Å². The van der Waals surface area contributed by atoms with Gasteiger partial charge in [0.05, 0.1) is 22.2 Å². The van der Waals surface area contributed by atoms with E-state index in [2.05, 4.69) is 4.98 Å². The second-order valence-electron chi connectivity index (χ2n) is 8.36. The summed E-state index contributed by atoms with van der Waals surface area (Å²) in [6.07, 6.45) is 0. The van der Waals surface area contributed by atoms with Crippen LogP contribution in [0.25, 0.3) is 10.6 Å². The fourth-order valence-electron chi connectivity index (χ4n) is 4.29. The second-order valence-corrected chi connectivity index (χ2v) is 9.36. The predicted molar refractivity (Wildman–Crippen MR) is 134 cm³/mol. The van der Waals surface area contributed by atoms with E-state index in [9.17, 15) is 19.1 Å². The molecule has 1 aromatic heterocycles. The number of halogens is 1. The van der Waals surface area contributed by atoms with Gasteiger partial charge >= 0.3 is 0 Å². The van der Waals surface area contributed by atoms with E-state index in [1.54, 1.807) is 6.92 Å². The first-order chi connectivity index (χ1) is 16.8. The third-order valence-corrected chi connectivity index (χ3v) is 7.14. The largest absolute Gasteiger partial charge is 0.503 e. The molecule has 1 atom stereocenters. The summed E-state index contributed by atoms with van der Waals surface area (Å²) >= 11 is 1.22. The minimum Gasteiger partial charge on any atom is -0.503 e. The van der Waals surface area contributed by atoms with Gasteiger partial charge in [0.25, 0.3) is 5.91 Å². The Morgan fingerprint density at radius 1 is 1.00 bits per heavy atom. The number of ketones is 1. The first-order valence-electron chi connectivity index (χ1n) is 11.0. The van der Waals surface area contributed by atoms with Crippen molar-refractivity contribution in [2.45, 2.75) is 19.9 Å². The molecule has 1 amide bonds. The highest BCUT2D eigenvalue weighted by molar-refractivity contribution is 7.17. The van der Waals surface area contributed by atoms with Crippen LogP contribution in [-0.4, -0.2) is 21.8 Å². The highest BCUT2D eigenvalue weighted by Gasteiger charge is 2.45. The molecule has 0 saturated heterocycles. The second kappa shape index (κ2) is 8.92. The molecule has 0 radical (unpaired) electrons. The number of amides is 1. The quantitative estimate of drug-likeness (QED) is 0.335. The average Bonchev–Trinajstić information content (AvgIpc) is 3.37. The van der Waals surface area contributed by atoms with E-state index < -0.39 is 29.3 Å². The van der Waals surface area contributed by atoms with Crippen LogP contribution in [0.3, 0.4) is 0 Å². The third-order valence-electron chi connectivity index (χ3n) is 5.94. The molecule has 0 aliphatic carbocycles. The lowest BCUT2D eigenvalue weighted by molar-refractivity contribution is -0.117. The molecule has 174 valence electrons. The Bertz CT molecular complexity index is 1480. The van der Waals surface area contributed by atoms with Gasteiger partial charge in [-0.25, -0.2) is 9.37 Å².